The van der Waals surface area contributed by atoms with E-state index in [1.165, 1.54) is 108 Å². The lowest BCUT2D eigenvalue weighted by molar-refractivity contribution is 1.20. The SMILES string of the molecule is c1ccc2c(-n3c4ccccc4c4cc(-c5cc6sc7ccccc7c6c6c5c5ccccc5n6-c5cccc6ccccc56)ccc43)cccc2c1. The monoisotopic (exact) mass is 690 g/mol. The van der Waals surface area contributed by atoms with Crippen molar-refractivity contribution in [1.29, 1.82) is 0 Å². The smallest absolute Gasteiger partial charge is 0.0640 e. The number of rotatable bonds is 3. The first kappa shape index (κ1) is 29.0. The standard InChI is InChI=1S/C50H30N2S/c1-3-17-34-31(13-1)15-11-24-41(34)51-43-22-8-5-19-36(43)40-29-33(27-28-45(40)51)39-30-47-49(38-21-7-10-26-46(38)53-47)50-48(39)37-20-6-9-23-44(37)52(50)42-25-12-16-32-14-2-4-18-35(32)42/h1-30H. The number of hydrogen-bond acceptors (Lipinski definition) is 1. The minimum absolute atomic E-state index is 1.20. The van der Waals surface area contributed by atoms with E-state index in [1.807, 2.05) is 11.3 Å². The summed E-state index contributed by atoms with van der Waals surface area (Å²) in [6, 6.07) is 67.2. The zero-order valence-corrected chi connectivity index (χ0v) is 29.4. The van der Waals surface area contributed by atoms with Crippen molar-refractivity contribution in [2.45, 2.75) is 0 Å². The van der Waals surface area contributed by atoms with Crippen LogP contribution in [0.3, 0.4) is 0 Å². The maximum absolute atomic E-state index is 2.54. The summed E-state index contributed by atoms with van der Waals surface area (Å²) >= 11 is 1.89. The number of nitrogens with zero attached hydrogens (tertiary/aromatic N) is 2. The minimum atomic E-state index is 1.20. The summed E-state index contributed by atoms with van der Waals surface area (Å²) in [7, 11) is 0. The molecule has 0 amide bonds. The van der Waals surface area contributed by atoms with Crippen LogP contribution in [0.4, 0.5) is 0 Å². The molecule has 12 rings (SSSR count). The second-order valence-corrected chi connectivity index (χ2v) is 15.1. The van der Waals surface area contributed by atoms with E-state index in [-0.39, 0.29) is 0 Å². The minimum Gasteiger partial charge on any atom is -0.309 e. The van der Waals surface area contributed by atoms with Gasteiger partial charge in [0.2, 0.25) is 0 Å². The van der Waals surface area contributed by atoms with E-state index in [4.69, 9.17) is 0 Å². The Morgan fingerprint density at radius 1 is 0.340 bits per heavy atom. The molecule has 0 aliphatic heterocycles. The lowest BCUT2D eigenvalue weighted by Gasteiger charge is -2.14. The van der Waals surface area contributed by atoms with E-state index in [0.29, 0.717) is 0 Å². The topological polar surface area (TPSA) is 9.86 Å². The molecule has 0 fully saturated rings. The van der Waals surface area contributed by atoms with Crippen molar-refractivity contribution in [2.24, 2.45) is 0 Å². The van der Waals surface area contributed by atoms with Gasteiger partial charge in [-0.05, 0) is 70.4 Å². The van der Waals surface area contributed by atoms with Gasteiger partial charge in [0.05, 0.1) is 33.4 Å². The number of fused-ring (bicyclic) bond motifs is 12. The van der Waals surface area contributed by atoms with Gasteiger partial charge >= 0.3 is 0 Å². The summed E-state index contributed by atoms with van der Waals surface area (Å²) in [5, 5.41) is 12.7. The molecule has 0 atom stereocenters. The van der Waals surface area contributed by atoms with E-state index >= 15 is 0 Å². The van der Waals surface area contributed by atoms with Crippen molar-refractivity contribution in [3.8, 4) is 22.5 Å². The molecule has 0 saturated heterocycles. The molecule has 2 nitrogen and oxygen atoms in total. The Labute approximate surface area is 309 Å². The van der Waals surface area contributed by atoms with Gasteiger partial charge in [-0.1, -0.05) is 133 Å². The van der Waals surface area contributed by atoms with E-state index in [1.54, 1.807) is 0 Å². The number of para-hydroxylation sites is 2. The van der Waals surface area contributed by atoms with Crippen LogP contribution in [0.25, 0.3) is 108 Å². The molecule has 3 aromatic heterocycles. The Kier molecular flexibility index (Phi) is 5.96. The molecule has 3 heteroatoms. The molecular weight excluding hydrogens is 661 g/mol. The zero-order valence-electron chi connectivity index (χ0n) is 28.6. The fourth-order valence-electron chi connectivity index (χ4n) is 9.05. The molecule has 0 aliphatic rings. The fraction of sp³-hybridized carbons (Fsp3) is 0. The van der Waals surface area contributed by atoms with Crippen LogP contribution in [-0.4, -0.2) is 9.13 Å². The van der Waals surface area contributed by atoms with Crippen LogP contribution in [-0.2, 0) is 0 Å². The molecule has 0 spiro atoms. The summed E-state index contributed by atoms with van der Waals surface area (Å²) < 4.78 is 7.61. The Morgan fingerprint density at radius 2 is 0.887 bits per heavy atom. The van der Waals surface area contributed by atoms with E-state index in [0.717, 1.165) is 0 Å². The van der Waals surface area contributed by atoms with Gasteiger partial charge in [-0.25, -0.2) is 0 Å². The number of benzene rings is 9. The van der Waals surface area contributed by atoms with Crippen molar-refractivity contribution in [2.75, 3.05) is 0 Å². The molecule has 0 bridgehead atoms. The zero-order chi connectivity index (χ0) is 34.6. The average Bonchev–Trinajstić information content (AvgIpc) is 3.87. The summed E-state index contributed by atoms with van der Waals surface area (Å²) in [6.45, 7) is 0. The van der Waals surface area contributed by atoms with Gasteiger partial charge in [0, 0.05) is 52.5 Å². The van der Waals surface area contributed by atoms with Crippen molar-refractivity contribution in [3.63, 3.8) is 0 Å². The molecule has 3 heterocycles. The van der Waals surface area contributed by atoms with E-state index in [2.05, 4.69) is 191 Å². The molecular formula is C50H30N2S. The van der Waals surface area contributed by atoms with Crippen LogP contribution in [0.15, 0.2) is 182 Å². The maximum Gasteiger partial charge on any atom is 0.0640 e. The Morgan fingerprint density at radius 3 is 1.62 bits per heavy atom. The lowest BCUT2D eigenvalue weighted by Crippen LogP contribution is -1.96. The van der Waals surface area contributed by atoms with Crippen LogP contribution in [0, 0.1) is 0 Å². The van der Waals surface area contributed by atoms with Crippen LogP contribution in [0.5, 0.6) is 0 Å². The quantitative estimate of drug-likeness (QED) is 0.175. The highest BCUT2D eigenvalue weighted by Gasteiger charge is 2.23. The second-order valence-electron chi connectivity index (χ2n) is 14.1. The first-order valence-corrected chi connectivity index (χ1v) is 19.0. The van der Waals surface area contributed by atoms with Gasteiger partial charge in [-0.3, -0.25) is 0 Å². The summed E-state index contributed by atoms with van der Waals surface area (Å²) in [6.07, 6.45) is 0. The van der Waals surface area contributed by atoms with Crippen molar-refractivity contribution in [1.82, 2.24) is 9.13 Å². The Hall–Kier alpha value is -6.68. The number of hydrogen-bond donors (Lipinski definition) is 0. The van der Waals surface area contributed by atoms with E-state index < -0.39 is 0 Å². The third kappa shape index (κ3) is 4.03. The van der Waals surface area contributed by atoms with Gasteiger partial charge < -0.3 is 9.13 Å². The van der Waals surface area contributed by atoms with Gasteiger partial charge in [-0.15, -0.1) is 11.3 Å². The number of aromatic nitrogens is 2. The van der Waals surface area contributed by atoms with Crippen molar-refractivity contribution >= 4 is 96.7 Å². The van der Waals surface area contributed by atoms with Gasteiger partial charge in [0.1, 0.15) is 0 Å². The molecule has 12 aromatic rings. The second kappa shape index (κ2) is 10.9. The summed E-state index contributed by atoms with van der Waals surface area (Å²) in [5.74, 6) is 0. The first-order chi connectivity index (χ1) is 26.3. The van der Waals surface area contributed by atoms with Crippen LogP contribution >= 0.6 is 11.3 Å². The molecule has 53 heavy (non-hydrogen) atoms. The van der Waals surface area contributed by atoms with Crippen molar-refractivity contribution < 1.29 is 0 Å². The van der Waals surface area contributed by atoms with Crippen LogP contribution in [0.1, 0.15) is 0 Å². The van der Waals surface area contributed by atoms with Crippen LogP contribution in [0.2, 0.25) is 0 Å². The fourth-order valence-corrected chi connectivity index (χ4v) is 10.2. The van der Waals surface area contributed by atoms with E-state index in [9.17, 15) is 0 Å². The molecule has 246 valence electrons. The predicted octanol–water partition coefficient (Wildman–Crippen LogP) is 14.2. The maximum atomic E-state index is 2.54. The third-order valence-corrected chi connectivity index (χ3v) is 12.4. The molecule has 0 unspecified atom stereocenters. The molecule has 0 aliphatic carbocycles. The molecule has 0 N–H and O–H groups in total. The highest BCUT2D eigenvalue weighted by molar-refractivity contribution is 7.26. The Balaban J connectivity index is 1.23. The highest BCUT2D eigenvalue weighted by Crippen LogP contribution is 2.48. The van der Waals surface area contributed by atoms with Gasteiger partial charge in [0.15, 0.2) is 0 Å². The highest BCUT2D eigenvalue weighted by atomic mass is 32.1. The molecule has 0 radical (unpaired) electrons. The first-order valence-electron chi connectivity index (χ1n) is 18.2. The molecule has 9 aromatic carbocycles. The van der Waals surface area contributed by atoms with Crippen LogP contribution < -0.4 is 0 Å². The largest absolute Gasteiger partial charge is 0.309 e. The predicted molar refractivity (Wildman–Crippen MR) is 228 cm³/mol. The average molecular weight is 691 g/mol. The van der Waals surface area contributed by atoms with Gasteiger partial charge in [0.25, 0.3) is 0 Å². The Bertz CT molecular complexity index is 3460. The number of thiophene rings is 1. The normalized spacial score (nSPS) is 12.2. The summed E-state index contributed by atoms with van der Waals surface area (Å²) in [5.41, 5.74) is 9.81. The van der Waals surface area contributed by atoms with Crippen molar-refractivity contribution in [3.05, 3.63) is 182 Å². The molecule has 0 saturated carbocycles. The third-order valence-electron chi connectivity index (χ3n) is 11.3. The lowest BCUT2D eigenvalue weighted by atomic mass is 9.95. The summed E-state index contributed by atoms with van der Waals surface area (Å²) in [4.78, 5) is 0. The van der Waals surface area contributed by atoms with Gasteiger partial charge in [-0.2, -0.15) is 0 Å².